The molecule has 0 unspecified atom stereocenters. The molecule has 0 bridgehead atoms. The molecule has 2 aromatic carbocycles. The fourth-order valence-corrected chi connectivity index (χ4v) is 3.80. The summed E-state index contributed by atoms with van der Waals surface area (Å²) in [5.41, 5.74) is 0. The third-order valence-electron chi connectivity index (χ3n) is 3.02. The van der Waals surface area contributed by atoms with Gasteiger partial charge in [-0.3, -0.25) is 0 Å². The summed E-state index contributed by atoms with van der Waals surface area (Å²) in [7, 11) is -3.85. The Morgan fingerprint density at radius 3 is 2.04 bits per heavy atom. The second-order valence-corrected chi connectivity index (χ2v) is 7.69. The van der Waals surface area contributed by atoms with E-state index >= 15 is 0 Å². The van der Waals surface area contributed by atoms with E-state index in [1.165, 1.54) is 36.4 Å². The second-order valence-electron chi connectivity index (χ2n) is 4.66. The van der Waals surface area contributed by atoms with Crippen LogP contribution >= 0.6 is 34.8 Å². The minimum atomic E-state index is -3.85. The van der Waals surface area contributed by atoms with Crippen LogP contribution in [0.1, 0.15) is 0 Å². The van der Waals surface area contributed by atoms with Crippen LogP contribution in [-0.4, -0.2) is 23.4 Å². The third-order valence-corrected chi connectivity index (χ3v) is 5.42. The van der Waals surface area contributed by atoms with Crippen LogP contribution < -0.4 is 4.74 Å². The van der Waals surface area contributed by atoms with Gasteiger partial charge in [-0.15, -0.1) is 0 Å². The standard InChI is InChI=1S/C15H8Cl3N3O3S/c16-9-5-7-10(8-6-9)25(22,23)12-4-2-1-3-11(12)24-15-20-13(17)19-14(18)21-15/h1-8H. The first kappa shape index (κ1) is 17.9. The van der Waals surface area contributed by atoms with Crippen LogP contribution in [0.25, 0.3) is 0 Å². The Kier molecular flexibility index (Phi) is 5.10. The molecule has 0 amide bonds. The lowest BCUT2D eigenvalue weighted by Crippen LogP contribution is -2.05. The summed E-state index contributed by atoms with van der Waals surface area (Å²) in [5, 5.41) is 0.0824. The molecule has 1 aromatic heterocycles. The van der Waals surface area contributed by atoms with Crippen LogP contribution in [0.4, 0.5) is 0 Å². The summed E-state index contributed by atoms with van der Waals surface area (Å²) in [6.07, 6.45) is 0. The van der Waals surface area contributed by atoms with E-state index < -0.39 is 9.84 Å². The zero-order valence-corrected chi connectivity index (χ0v) is 15.3. The highest BCUT2D eigenvalue weighted by molar-refractivity contribution is 7.91. The first-order chi connectivity index (χ1) is 11.9. The monoisotopic (exact) mass is 415 g/mol. The van der Waals surface area contributed by atoms with E-state index in [2.05, 4.69) is 15.0 Å². The summed E-state index contributed by atoms with van der Waals surface area (Å²) < 4.78 is 31.2. The zero-order valence-electron chi connectivity index (χ0n) is 12.2. The second kappa shape index (κ2) is 7.13. The fraction of sp³-hybridized carbons (Fsp3) is 0. The van der Waals surface area contributed by atoms with Crippen molar-refractivity contribution in [2.24, 2.45) is 0 Å². The first-order valence-corrected chi connectivity index (χ1v) is 9.32. The summed E-state index contributed by atoms with van der Waals surface area (Å²) in [5.74, 6) is 0.0239. The van der Waals surface area contributed by atoms with Gasteiger partial charge in [-0.05, 0) is 59.6 Å². The van der Waals surface area contributed by atoms with E-state index in [1.807, 2.05) is 0 Å². The van der Waals surface area contributed by atoms with Gasteiger partial charge in [0.2, 0.25) is 20.4 Å². The predicted octanol–water partition coefficient (Wildman–Crippen LogP) is 4.46. The molecule has 0 N–H and O–H groups in total. The minimum Gasteiger partial charge on any atom is -0.423 e. The molecule has 0 radical (unpaired) electrons. The van der Waals surface area contributed by atoms with Crippen LogP contribution in [0.15, 0.2) is 58.3 Å². The smallest absolute Gasteiger partial charge is 0.327 e. The van der Waals surface area contributed by atoms with E-state index in [0.29, 0.717) is 5.02 Å². The molecule has 128 valence electrons. The Balaban J connectivity index is 2.05. The maximum atomic E-state index is 12.9. The number of aromatic nitrogens is 3. The molecule has 0 aliphatic carbocycles. The van der Waals surface area contributed by atoms with Crippen LogP contribution in [0.2, 0.25) is 15.6 Å². The van der Waals surface area contributed by atoms with Gasteiger partial charge in [0.05, 0.1) is 4.90 Å². The molecular weight excluding hydrogens is 409 g/mol. The average Bonchev–Trinajstić information content (AvgIpc) is 2.54. The van der Waals surface area contributed by atoms with E-state index in [-0.39, 0.29) is 32.1 Å². The highest BCUT2D eigenvalue weighted by Crippen LogP contribution is 2.32. The maximum absolute atomic E-state index is 12.9. The first-order valence-electron chi connectivity index (χ1n) is 6.71. The van der Waals surface area contributed by atoms with Crippen molar-refractivity contribution in [3.63, 3.8) is 0 Å². The van der Waals surface area contributed by atoms with Crippen molar-refractivity contribution >= 4 is 44.6 Å². The molecular formula is C15H8Cl3N3O3S. The van der Waals surface area contributed by atoms with Crippen molar-refractivity contribution in [1.29, 1.82) is 0 Å². The molecule has 3 aromatic rings. The number of halogens is 3. The van der Waals surface area contributed by atoms with Crippen molar-refractivity contribution in [2.45, 2.75) is 9.79 Å². The van der Waals surface area contributed by atoms with Gasteiger partial charge in [0.1, 0.15) is 10.6 Å². The summed E-state index contributed by atoms with van der Waals surface area (Å²) in [6.45, 7) is 0. The molecule has 0 spiro atoms. The highest BCUT2D eigenvalue weighted by Gasteiger charge is 2.23. The Hall–Kier alpha value is -1.93. The fourth-order valence-electron chi connectivity index (χ4n) is 1.95. The van der Waals surface area contributed by atoms with Crippen molar-refractivity contribution in [2.75, 3.05) is 0 Å². The SMILES string of the molecule is O=S(=O)(c1ccc(Cl)cc1)c1ccccc1Oc1nc(Cl)nc(Cl)n1. The molecule has 10 heteroatoms. The Morgan fingerprint density at radius 1 is 0.800 bits per heavy atom. The van der Waals surface area contributed by atoms with Gasteiger partial charge < -0.3 is 4.74 Å². The molecule has 3 rings (SSSR count). The number of sulfone groups is 1. The Bertz CT molecular complexity index is 1010. The van der Waals surface area contributed by atoms with E-state index in [9.17, 15) is 8.42 Å². The minimum absolute atomic E-state index is 0.0239. The topological polar surface area (TPSA) is 82.0 Å². The van der Waals surface area contributed by atoms with Crippen LogP contribution in [-0.2, 0) is 9.84 Å². The molecule has 0 saturated carbocycles. The average molecular weight is 417 g/mol. The molecule has 0 atom stereocenters. The van der Waals surface area contributed by atoms with Crippen molar-refractivity contribution in [1.82, 2.24) is 15.0 Å². The molecule has 0 aliphatic rings. The number of hydrogen-bond donors (Lipinski definition) is 0. The largest absolute Gasteiger partial charge is 0.423 e. The zero-order chi connectivity index (χ0) is 18.0. The summed E-state index contributed by atoms with van der Waals surface area (Å²) in [4.78, 5) is 11.1. The number of para-hydroxylation sites is 1. The molecule has 25 heavy (non-hydrogen) atoms. The van der Waals surface area contributed by atoms with Gasteiger partial charge >= 0.3 is 6.01 Å². The van der Waals surface area contributed by atoms with Crippen molar-refractivity contribution < 1.29 is 13.2 Å². The normalized spacial score (nSPS) is 11.3. The van der Waals surface area contributed by atoms with Crippen LogP contribution in [0.3, 0.4) is 0 Å². The maximum Gasteiger partial charge on any atom is 0.327 e. The van der Waals surface area contributed by atoms with Gasteiger partial charge in [-0.1, -0.05) is 23.7 Å². The van der Waals surface area contributed by atoms with Crippen molar-refractivity contribution in [3.8, 4) is 11.8 Å². The lowest BCUT2D eigenvalue weighted by atomic mass is 10.3. The lowest BCUT2D eigenvalue weighted by molar-refractivity contribution is 0.427. The van der Waals surface area contributed by atoms with Gasteiger partial charge in [0.25, 0.3) is 0 Å². The molecule has 0 saturated heterocycles. The van der Waals surface area contributed by atoms with Crippen LogP contribution in [0, 0.1) is 0 Å². The number of benzene rings is 2. The quantitative estimate of drug-likeness (QED) is 0.624. The molecule has 1 heterocycles. The summed E-state index contributed by atoms with van der Waals surface area (Å²) in [6, 6.07) is 11.6. The molecule has 0 aliphatic heterocycles. The van der Waals surface area contributed by atoms with Gasteiger partial charge in [-0.2, -0.15) is 15.0 Å². The number of rotatable bonds is 4. The summed E-state index contributed by atoms with van der Waals surface area (Å²) >= 11 is 17.2. The third kappa shape index (κ3) is 4.01. The van der Waals surface area contributed by atoms with Gasteiger partial charge in [0, 0.05) is 5.02 Å². The number of hydrogen-bond acceptors (Lipinski definition) is 6. The van der Waals surface area contributed by atoms with Crippen LogP contribution in [0.5, 0.6) is 11.8 Å². The van der Waals surface area contributed by atoms with Crippen molar-refractivity contribution in [3.05, 3.63) is 64.1 Å². The Morgan fingerprint density at radius 2 is 1.40 bits per heavy atom. The van der Waals surface area contributed by atoms with E-state index in [0.717, 1.165) is 0 Å². The van der Waals surface area contributed by atoms with E-state index in [4.69, 9.17) is 39.5 Å². The van der Waals surface area contributed by atoms with Gasteiger partial charge in [-0.25, -0.2) is 8.42 Å². The highest BCUT2D eigenvalue weighted by atomic mass is 35.5. The van der Waals surface area contributed by atoms with Gasteiger partial charge in [0.15, 0.2) is 0 Å². The Labute approximate surface area is 158 Å². The molecule has 0 fully saturated rings. The lowest BCUT2D eigenvalue weighted by Gasteiger charge is -2.11. The number of ether oxygens (including phenoxy) is 1. The molecule has 6 nitrogen and oxygen atoms in total. The number of nitrogens with zero attached hydrogens (tertiary/aromatic N) is 3. The van der Waals surface area contributed by atoms with E-state index in [1.54, 1.807) is 12.1 Å². The predicted molar refractivity (Wildman–Crippen MR) is 93.3 cm³/mol.